The number of rotatable bonds is 5. The van der Waals surface area contributed by atoms with E-state index in [1.54, 1.807) is 17.8 Å². The Bertz CT molecular complexity index is 684. The number of hydrogen-bond donors (Lipinski definition) is 0. The van der Waals surface area contributed by atoms with Crippen molar-refractivity contribution in [3.8, 4) is 11.5 Å². The van der Waals surface area contributed by atoms with Crippen molar-refractivity contribution < 1.29 is 19.0 Å². The molecule has 0 unspecified atom stereocenters. The molecule has 0 saturated heterocycles. The summed E-state index contributed by atoms with van der Waals surface area (Å²) in [5.74, 6) is 3.02. The van der Waals surface area contributed by atoms with Crippen LogP contribution < -0.4 is 9.47 Å². The normalized spacial score (nSPS) is 12.2. The maximum Gasteiger partial charge on any atom is 0.337 e. The minimum atomic E-state index is -0.303. The number of ether oxygens (including phenoxy) is 3. The molecule has 0 radical (unpaired) electrons. The average molecular weight is 316 g/mol. The zero-order chi connectivity index (χ0) is 15.4. The summed E-state index contributed by atoms with van der Waals surface area (Å²) in [6.07, 6.45) is 0. The van der Waals surface area contributed by atoms with E-state index >= 15 is 0 Å². The molecule has 114 valence electrons. The molecule has 0 atom stereocenters. The van der Waals surface area contributed by atoms with E-state index in [1.807, 2.05) is 36.4 Å². The molecule has 0 amide bonds. The smallest absolute Gasteiger partial charge is 0.337 e. The first-order valence-corrected chi connectivity index (χ1v) is 8.05. The van der Waals surface area contributed by atoms with Crippen LogP contribution in [0.25, 0.3) is 0 Å². The minimum absolute atomic E-state index is 0.298. The predicted molar refractivity (Wildman–Crippen MR) is 85.3 cm³/mol. The van der Waals surface area contributed by atoms with Gasteiger partial charge in [-0.3, -0.25) is 0 Å². The Morgan fingerprint density at radius 3 is 2.68 bits per heavy atom. The van der Waals surface area contributed by atoms with Gasteiger partial charge in [-0.2, -0.15) is 11.8 Å². The Kier molecular flexibility index (Phi) is 4.53. The summed E-state index contributed by atoms with van der Waals surface area (Å²) in [6, 6.07) is 13.5. The molecule has 0 N–H and O–H groups in total. The van der Waals surface area contributed by atoms with Gasteiger partial charge in [-0.05, 0) is 35.4 Å². The van der Waals surface area contributed by atoms with Gasteiger partial charge in [0.1, 0.15) is 0 Å². The molecule has 4 nitrogen and oxygen atoms in total. The lowest BCUT2D eigenvalue weighted by Crippen LogP contribution is -2.01. The number of carbonyl (C=O) groups excluding carboxylic acids is 1. The number of fused-ring (bicyclic) bond motifs is 1. The van der Waals surface area contributed by atoms with E-state index in [1.165, 1.54) is 12.7 Å². The van der Waals surface area contributed by atoms with Gasteiger partial charge >= 0.3 is 5.97 Å². The number of thioether (sulfide) groups is 1. The van der Waals surface area contributed by atoms with Crippen molar-refractivity contribution in [3.05, 3.63) is 59.2 Å². The fourth-order valence-corrected chi connectivity index (χ4v) is 3.16. The molecular formula is C17H16O4S. The van der Waals surface area contributed by atoms with Crippen molar-refractivity contribution in [2.24, 2.45) is 0 Å². The Balaban J connectivity index is 1.58. The summed E-state index contributed by atoms with van der Waals surface area (Å²) < 4.78 is 15.4. The molecule has 0 aliphatic carbocycles. The highest BCUT2D eigenvalue weighted by molar-refractivity contribution is 7.97. The number of carbonyl (C=O) groups is 1. The molecule has 3 rings (SSSR count). The molecule has 1 aliphatic rings. The molecule has 1 heterocycles. The predicted octanol–water partition coefficient (Wildman–Crippen LogP) is 3.64. The standard InChI is InChI=1S/C17H16O4S/c1-19-17(18)14-4-2-3-12(7-14)9-22-10-13-5-6-15-16(8-13)21-11-20-15/h2-8H,9-11H2,1H3. The van der Waals surface area contributed by atoms with E-state index in [0.717, 1.165) is 28.6 Å². The number of esters is 1. The number of methoxy groups -OCH3 is 1. The lowest BCUT2D eigenvalue weighted by atomic mass is 10.1. The highest BCUT2D eigenvalue weighted by atomic mass is 32.2. The average Bonchev–Trinajstić information content (AvgIpc) is 3.02. The van der Waals surface area contributed by atoms with Crippen LogP contribution in [0.3, 0.4) is 0 Å². The van der Waals surface area contributed by atoms with Crippen LogP contribution in [0, 0.1) is 0 Å². The van der Waals surface area contributed by atoms with Crippen molar-refractivity contribution in [2.45, 2.75) is 11.5 Å². The quantitative estimate of drug-likeness (QED) is 0.788. The minimum Gasteiger partial charge on any atom is -0.465 e. The van der Waals surface area contributed by atoms with Crippen LogP contribution in [0.5, 0.6) is 11.5 Å². The molecule has 2 aromatic rings. The van der Waals surface area contributed by atoms with Gasteiger partial charge in [-0.1, -0.05) is 18.2 Å². The Morgan fingerprint density at radius 1 is 1.09 bits per heavy atom. The lowest BCUT2D eigenvalue weighted by molar-refractivity contribution is 0.0600. The SMILES string of the molecule is COC(=O)c1cccc(CSCc2ccc3c(c2)OCO3)c1. The maximum absolute atomic E-state index is 11.5. The molecule has 0 bridgehead atoms. The number of benzene rings is 2. The summed E-state index contributed by atoms with van der Waals surface area (Å²) in [7, 11) is 1.39. The van der Waals surface area contributed by atoms with Crippen LogP contribution >= 0.6 is 11.8 Å². The molecule has 0 aromatic heterocycles. The first-order chi connectivity index (χ1) is 10.8. The van der Waals surface area contributed by atoms with Gasteiger partial charge in [-0.25, -0.2) is 4.79 Å². The second kappa shape index (κ2) is 6.75. The summed E-state index contributed by atoms with van der Waals surface area (Å²) >= 11 is 1.78. The van der Waals surface area contributed by atoms with E-state index in [4.69, 9.17) is 14.2 Å². The highest BCUT2D eigenvalue weighted by Crippen LogP contribution is 2.33. The molecule has 1 aliphatic heterocycles. The van der Waals surface area contributed by atoms with E-state index in [-0.39, 0.29) is 5.97 Å². The molecule has 5 heteroatoms. The monoisotopic (exact) mass is 316 g/mol. The maximum atomic E-state index is 11.5. The van der Waals surface area contributed by atoms with Gasteiger partial charge < -0.3 is 14.2 Å². The second-order valence-corrected chi connectivity index (χ2v) is 5.86. The van der Waals surface area contributed by atoms with Gasteiger partial charge in [-0.15, -0.1) is 0 Å². The van der Waals surface area contributed by atoms with Crippen LogP contribution in [0.15, 0.2) is 42.5 Å². The van der Waals surface area contributed by atoms with Gasteiger partial charge in [0.25, 0.3) is 0 Å². The van der Waals surface area contributed by atoms with Crippen molar-refractivity contribution in [3.63, 3.8) is 0 Å². The Hall–Kier alpha value is -2.14. The summed E-state index contributed by atoms with van der Waals surface area (Å²) in [4.78, 5) is 11.5. The van der Waals surface area contributed by atoms with Crippen molar-refractivity contribution in [1.82, 2.24) is 0 Å². The van der Waals surface area contributed by atoms with Gasteiger partial charge in [0, 0.05) is 11.5 Å². The first-order valence-electron chi connectivity index (χ1n) is 6.90. The first kappa shape index (κ1) is 14.8. The van der Waals surface area contributed by atoms with Gasteiger partial charge in [0.2, 0.25) is 6.79 Å². The highest BCUT2D eigenvalue weighted by Gasteiger charge is 2.13. The summed E-state index contributed by atoms with van der Waals surface area (Å²) in [5.41, 5.74) is 2.88. The van der Waals surface area contributed by atoms with Crippen LogP contribution in [-0.2, 0) is 16.2 Å². The molecule has 0 fully saturated rings. The van der Waals surface area contributed by atoms with Crippen LogP contribution in [0.1, 0.15) is 21.5 Å². The summed E-state index contributed by atoms with van der Waals surface area (Å²) in [6.45, 7) is 0.298. The molecule has 2 aromatic carbocycles. The zero-order valence-corrected chi connectivity index (χ0v) is 13.0. The van der Waals surface area contributed by atoms with Gasteiger partial charge in [0.05, 0.1) is 12.7 Å². The van der Waals surface area contributed by atoms with Crippen molar-refractivity contribution >= 4 is 17.7 Å². The van der Waals surface area contributed by atoms with Crippen molar-refractivity contribution in [2.75, 3.05) is 13.9 Å². The van der Waals surface area contributed by atoms with Gasteiger partial charge in [0.15, 0.2) is 11.5 Å². The third-order valence-corrected chi connectivity index (χ3v) is 4.40. The Labute approximate surface area is 133 Å². The fourth-order valence-electron chi connectivity index (χ4n) is 2.22. The van der Waals surface area contributed by atoms with E-state index in [2.05, 4.69) is 0 Å². The third kappa shape index (κ3) is 3.36. The van der Waals surface area contributed by atoms with E-state index in [0.29, 0.717) is 12.4 Å². The molecular weight excluding hydrogens is 300 g/mol. The molecule has 22 heavy (non-hydrogen) atoms. The summed E-state index contributed by atoms with van der Waals surface area (Å²) in [5, 5.41) is 0. The van der Waals surface area contributed by atoms with Crippen LogP contribution in [0.4, 0.5) is 0 Å². The largest absolute Gasteiger partial charge is 0.465 e. The van der Waals surface area contributed by atoms with E-state index < -0.39 is 0 Å². The second-order valence-electron chi connectivity index (χ2n) is 4.87. The third-order valence-electron chi connectivity index (χ3n) is 3.32. The molecule has 0 spiro atoms. The zero-order valence-electron chi connectivity index (χ0n) is 12.2. The van der Waals surface area contributed by atoms with Crippen molar-refractivity contribution in [1.29, 1.82) is 0 Å². The lowest BCUT2D eigenvalue weighted by Gasteiger charge is -2.05. The van der Waals surface area contributed by atoms with E-state index in [9.17, 15) is 4.79 Å². The fraction of sp³-hybridized carbons (Fsp3) is 0.235. The molecule has 0 saturated carbocycles. The van der Waals surface area contributed by atoms with Crippen LogP contribution in [0.2, 0.25) is 0 Å². The Morgan fingerprint density at radius 2 is 1.86 bits per heavy atom. The topological polar surface area (TPSA) is 44.8 Å². The van der Waals surface area contributed by atoms with Crippen LogP contribution in [-0.4, -0.2) is 19.9 Å². The number of hydrogen-bond acceptors (Lipinski definition) is 5.